The van der Waals surface area contributed by atoms with Gasteiger partial charge >= 0.3 is 6.09 Å². The first-order valence-corrected chi connectivity index (χ1v) is 5.87. The van der Waals surface area contributed by atoms with Crippen molar-refractivity contribution in [3.05, 3.63) is 22.7 Å². The van der Waals surface area contributed by atoms with Gasteiger partial charge in [0.15, 0.2) is 11.5 Å². The fourth-order valence-corrected chi connectivity index (χ4v) is 1.63. The number of methoxy groups -OCH3 is 2. The molecular weight excluding hydrogens is 272 g/mol. The van der Waals surface area contributed by atoms with Crippen molar-refractivity contribution in [1.82, 2.24) is 5.43 Å². The molecule has 19 heavy (non-hydrogen) atoms. The van der Waals surface area contributed by atoms with E-state index < -0.39 is 6.09 Å². The molecule has 1 amide bonds. The number of carbonyl (C=O) groups excluding carboxylic acids is 1. The second-order valence-corrected chi connectivity index (χ2v) is 3.74. The molecule has 0 saturated carbocycles. The van der Waals surface area contributed by atoms with E-state index in [2.05, 4.69) is 15.3 Å². The third kappa shape index (κ3) is 4.33. The van der Waals surface area contributed by atoms with Crippen LogP contribution >= 0.6 is 11.6 Å². The zero-order valence-corrected chi connectivity index (χ0v) is 11.7. The van der Waals surface area contributed by atoms with Gasteiger partial charge in [0.2, 0.25) is 0 Å². The summed E-state index contributed by atoms with van der Waals surface area (Å²) in [4.78, 5) is 11.0. The van der Waals surface area contributed by atoms with Gasteiger partial charge < -0.3 is 14.2 Å². The Morgan fingerprint density at radius 1 is 1.42 bits per heavy atom. The van der Waals surface area contributed by atoms with Gasteiger partial charge in [-0.2, -0.15) is 5.10 Å². The molecule has 104 valence electrons. The molecule has 0 saturated heterocycles. The Morgan fingerprint density at radius 2 is 2.16 bits per heavy atom. The molecule has 0 aliphatic rings. The molecule has 0 aliphatic carbocycles. The first-order chi connectivity index (χ1) is 9.12. The van der Waals surface area contributed by atoms with Crippen molar-refractivity contribution >= 4 is 23.9 Å². The molecule has 1 N–H and O–H groups in total. The highest BCUT2D eigenvalue weighted by Crippen LogP contribution is 2.35. The van der Waals surface area contributed by atoms with Crippen LogP contribution in [0.15, 0.2) is 17.2 Å². The third-order valence-corrected chi connectivity index (χ3v) is 2.38. The van der Waals surface area contributed by atoms with Crippen LogP contribution < -0.4 is 14.9 Å². The quantitative estimate of drug-likeness (QED) is 0.667. The van der Waals surface area contributed by atoms with Crippen molar-refractivity contribution in [1.29, 1.82) is 0 Å². The number of carbonyl (C=O) groups is 1. The lowest BCUT2D eigenvalue weighted by Crippen LogP contribution is -2.18. The van der Waals surface area contributed by atoms with Crippen LogP contribution in [0.5, 0.6) is 11.5 Å². The predicted molar refractivity (Wildman–Crippen MR) is 72.3 cm³/mol. The summed E-state index contributed by atoms with van der Waals surface area (Å²) in [5.74, 6) is 0.923. The van der Waals surface area contributed by atoms with Crippen LogP contribution in [0.3, 0.4) is 0 Å². The molecule has 0 spiro atoms. The van der Waals surface area contributed by atoms with Crippen LogP contribution in [0.4, 0.5) is 4.79 Å². The minimum Gasteiger partial charge on any atom is -0.493 e. The number of benzene rings is 1. The summed E-state index contributed by atoms with van der Waals surface area (Å²) in [5, 5.41) is 4.12. The first-order valence-electron chi connectivity index (χ1n) is 5.49. The molecule has 0 unspecified atom stereocenters. The third-order valence-electron chi connectivity index (χ3n) is 2.10. The van der Waals surface area contributed by atoms with Crippen LogP contribution in [0.25, 0.3) is 0 Å². The molecule has 7 heteroatoms. The van der Waals surface area contributed by atoms with Crippen LogP contribution in [0.1, 0.15) is 12.5 Å². The summed E-state index contributed by atoms with van der Waals surface area (Å²) in [5.41, 5.74) is 2.86. The number of ether oxygens (including phenoxy) is 3. The van der Waals surface area contributed by atoms with Crippen molar-refractivity contribution in [3.63, 3.8) is 0 Å². The van der Waals surface area contributed by atoms with Crippen LogP contribution in [0, 0.1) is 0 Å². The lowest BCUT2D eigenvalue weighted by atomic mass is 10.2. The highest BCUT2D eigenvalue weighted by atomic mass is 35.5. The summed E-state index contributed by atoms with van der Waals surface area (Å²) in [6.07, 6.45) is 0.801. The topological polar surface area (TPSA) is 69.2 Å². The number of hydrazone groups is 1. The molecule has 0 fully saturated rings. The van der Waals surface area contributed by atoms with Gasteiger partial charge in [-0.1, -0.05) is 11.6 Å². The van der Waals surface area contributed by atoms with Gasteiger partial charge in [0.25, 0.3) is 0 Å². The van der Waals surface area contributed by atoms with E-state index in [1.165, 1.54) is 20.4 Å². The first kappa shape index (κ1) is 15.1. The van der Waals surface area contributed by atoms with Crippen LogP contribution in [-0.2, 0) is 4.74 Å². The lowest BCUT2D eigenvalue weighted by molar-refractivity contribution is 0.152. The zero-order valence-electron chi connectivity index (χ0n) is 10.9. The summed E-state index contributed by atoms with van der Waals surface area (Å²) >= 11 is 6.03. The Labute approximate surface area is 116 Å². The van der Waals surface area contributed by atoms with E-state index in [4.69, 9.17) is 21.1 Å². The van der Waals surface area contributed by atoms with Gasteiger partial charge in [-0.05, 0) is 24.6 Å². The van der Waals surface area contributed by atoms with E-state index in [1.807, 2.05) is 0 Å². The van der Waals surface area contributed by atoms with Crippen molar-refractivity contribution in [2.75, 3.05) is 20.8 Å². The van der Waals surface area contributed by atoms with E-state index in [9.17, 15) is 4.79 Å². The normalized spacial score (nSPS) is 10.3. The molecule has 0 atom stereocenters. The number of hydrogen-bond acceptors (Lipinski definition) is 5. The minimum absolute atomic E-state index is 0.281. The van der Waals surface area contributed by atoms with Crippen molar-refractivity contribution in [2.45, 2.75) is 6.92 Å². The Bertz CT molecular complexity index is 477. The SMILES string of the molecule is CCOC(=O)N/N=C\c1cc(Cl)c(OC)c(OC)c1. The lowest BCUT2D eigenvalue weighted by Gasteiger charge is -2.09. The summed E-state index contributed by atoms with van der Waals surface area (Å²) in [6, 6.07) is 3.32. The molecule has 0 radical (unpaired) electrons. The largest absolute Gasteiger partial charge is 0.493 e. The van der Waals surface area contributed by atoms with Gasteiger partial charge in [0.1, 0.15) is 0 Å². The molecule has 1 aromatic rings. The highest BCUT2D eigenvalue weighted by Gasteiger charge is 2.09. The molecule has 0 bridgehead atoms. The Kier molecular flexibility index (Phi) is 5.95. The number of rotatable bonds is 5. The van der Waals surface area contributed by atoms with E-state index in [-0.39, 0.29) is 6.61 Å². The Morgan fingerprint density at radius 3 is 2.74 bits per heavy atom. The zero-order chi connectivity index (χ0) is 14.3. The molecule has 0 aliphatic heterocycles. The molecule has 6 nitrogen and oxygen atoms in total. The van der Waals surface area contributed by atoms with Crippen LogP contribution in [0.2, 0.25) is 5.02 Å². The maximum Gasteiger partial charge on any atom is 0.427 e. The van der Waals surface area contributed by atoms with E-state index in [0.717, 1.165) is 0 Å². The van der Waals surface area contributed by atoms with Gasteiger partial charge in [0, 0.05) is 0 Å². The molecule has 1 aromatic carbocycles. The predicted octanol–water partition coefficient (Wildman–Crippen LogP) is 2.44. The Balaban J connectivity index is 2.82. The highest BCUT2D eigenvalue weighted by molar-refractivity contribution is 6.32. The fraction of sp³-hybridized carbons (Fsp3) is 0.333. The fourth-order valence-electron chi connectivity index (χ4n) is 1.34. The smallest absolute Gasteiger partial charge is 0.427 e. The monoisotopic (exact) mass is 286 g/mol. The summed E-state index contributed by atoms with van der Waals surface area (Å²) in [6.45, 7) is 1.99. The molecule has 1 rings (SSSR count). The average molecular weight is 287 g/mol. The van der Waals surface area contributed by atoms with E-state index in [0.29, 0.717) is 22.1 Å². The maximum atomic E-state index is 11.0. The maximum absolute atomic E-state index is 11.0. The van der Waals surface area contributed by atoms with Crippen molar-refractivity contribution in [2.24, 2.45) is 5.10 Å². The second-order valence-electron chi connectivity index (χ2n) is 3.33. The van der Waals surface area contributed by atoms with Crippen molar-refractivity contribution < 1.29 is 19.0 Å². The van der Waals surface area contributed by atoms with Gasteiger partial charge in [-0.25, -0.2) is 10.2 Å². The van der Waals surface area contributed by atoms with Crippen LogP contribution in [-0.4, -0.2) is 33.1 Å². The van der Waals surface area contributed by atoms with Gasteiger partial charge in [-0.15, -0.1) is 0 Å². The van der Waals surface area contributed by atoms with E-state index in [1.54, 1.807) is 19.1 Å². The molecule has 0 heterocycles. The van der Waals surface area contributed by atoms with E-state index >= 15 is 0 Å². The van der Waals surface area contributed by atoms with Gasteiger partial charge in [0.05, 0.1) is 32.1 Å². The number of halogens is 1. The summed E-state index contributed by atoms with van der Waals surface area (Å²) < 4.78 is 14.9. The standard InChI is InChI=1S/C12H15ClN2O4/c1-4-19-12(16)15-14-7-8-5-9(13)11(18-3)10(6-8)17-2/h5-7H,4H2,1-3H3,(H,15,16)/b14-7-. The molecule has 0 aromatic heterocycles. The number of amides is 1. The van der Waals surface area contributed by atoms with Crippen molar-refractivity contribution in [3.8, 4) is 11.5 Å². The average Bonchev–Trinajstić information content (AvgIpc) is 2.38. The number of nitrogens with zero attached hydrogens (tertiary/aromatic N) is 1. The van der Waals surface area contributed by atoms with Gasteiger partial charge in [-0.3, -0.25) is 0 Å². The molecular formula is C12H15ClN2O4. The summed E-state index contributed by atoms with van der Waals surface area (Å²) in [7, 11) is 3.01. The second kappa shape index (κ2) is 7.48. The number of nitrogens with one attached hydrogen (secondary N) is 1. The Hall–Kier alpha value is -1.95. The number of hydrogen-bond donors (Lipinski definition) is 1. The minimum atomic E-state index is -0.620.